The molecule has 7 heteroatoms. The Hall–Kier alpha value is -2.28. The summed E-state index contributed by atoms with van der Waals surface area (Å²) in [6.07, 6.45) is 0. The fraction of sp³-hybridized carbons (Fsp3) is 0.350. The number of amides is 2. The van der Waals surface area contributed by atoms with Gasteiger partial charge >= 0.3 is 6.03 Å². The molecule has 2 aromatic carbocycles. The van der Waals surface area contributed by atoms with Gasteiger partial charge in [0.1, 0.15) is 5.75 Å². The first-order valence-corrected chi connectivity index (χ1v) is 9.34. The topological polar surface area (TPSA) is 54.0 Å². The molecule has 1 saturated heterocycles. The molecular formula is C20H24ClN3O3. The highest BCUT2D eigenvalue weighted by Gasteiger charge is 2.16. The van der Waals surface area contributed by atoms with E-state index in [0.29, 0.717) is 28.8 Å². The van der Waals surface area contributed by atoms with Crippen molar-refractivity contribution in [1.29, 1.82) is 0 Å². The van der Waals surface area contributed by atoms with Crippen LogP contribution < -0.4 is 10.1 Å². The third-order valence-electron chi connectivity index (χ3n) is 4.36. The average molecular weight is 390 g/mol. The monoisotopic (exact) mass is 389 g/mol. The molecule has 1 aliphatic heterocycles. The number of urea groups is 1. The van der Waals surface area contributed by atoms with Crippen molar-refractivity contribution in [3.8, 4) is 11.5 Å². The molecule has 0 aliphatic carbocycles. The highest BCUT2D eigenvalue weighted by atomic mass is 35.5. The number of likely N-dealkylation sites (N-methyl/N-ethyl adjacent to an activating group) is 1. The highest BCUT2D eigenvalue weighted by molar-refractivity contribution is 6.31. The number of ether oxygens (including phenoxy) is 2. The molecule has 0 saturated carbocycles. The zero-order valence-corrected chi connectivity index (χ0v) is 16.1. The van der Waals surface area contributed by atoms with Crippen LogP contribution in [0.4, 0.5) is 10.5 Å². The average Bonchev–Trinajstić information content (AvgIpc) is 2.69. The molecule has 1 fully saturated rings. The van der Waals surface area contributed by atoms with Crippen molar-refractivity contribution in [3.63, 3.8) is 0 Å². The van der Waals surface area contributed by atoms with Gasteiger partial charge < -0.3 is 19.7 Å². The summed E-state index contributed by atoms with van der Waals surface area (Å²) in [5.41, 5.74) is 0.537. The van der Waals surface area contributed by atoms with E-state index in [-0.39, 0.29) is 6.03 Å². The van der Waals surface area contributed by atoms with E-state index in [1.54, 1.807) is 30.1 Å². The van der Waals surface area contributed by atoms with Gasteiger partial charge in [0, 0.05) is 38.2 Å². The van der Waals surface area contributed by atoms with Crippen LogP contribution in [0.25, 0.3) is 0 Å². The lowest BCUT2D eigenvalue weighted by Crippen LogP contribution is -2.42. The molecule has 144 valence electrons. The summed E-state index contributed by atoms with van der Waals surface area (Å²) in [4.78, 5) is 16.5. The molecule has 0 unspecified atom stereocenters. The third-order valence-corrected chi connectivity index (χ3v) is 4.59. The fourth-order valence-corrected chi connectivity index (χ4v) is 2.90. The van der Waals surface area contributed by atoms with Crippen molar-refractivity contribution in [3.05, 3.63) is 53.6 Å². The molecule has 2 aromatic rings. The fourth-order valence-electron chi connectivity index (χ4n) is 2.73. The van der Waals surface area contributed by atoms with Crippen LogP contribution in [0.2, 0.25) is 5.02 Å². The molecule has 1 heterocycles. The first kappa shape index (κ1) is 19.5. The zero-order chi connectivity index (χ0) is 19.1. The van der Waals surface area contributed by atoms with Crippen LogP contribution in [0.15, 0.2) is 48.5 Å². The molecule has 27 heavy (non-hydrogen) atoms. The van der Waals surface area contributed by atoms with E-state index in [1.807, 2.05) is 30.3 Å². The summed E-state index contributed by atoms with van der Waals surface area (Å²) >= 11 is 6.11. The van der Waals surface area contributed by atoms with E-state index in [4.69, 9.17) is 21.1 Å². The van der Waals surface area contributed by atoms with E-state index in [2.05, 4.69) is 10.2 Å². The van der Waals surface area contributed by atoms with Crippen LogP contribution in [-0.4, -0.2) is 62.3 Å². The van der Waals surface area contributed by atoms with Crippen LogP contribution in [0.3, 0.4) is 0 Å². The second kappa shape index (κ2) is 9.60. The Labute approximate surface area is 164 Å². The number of halogens is 1. The van der Waals surface area contributed by atoms with Gasteiger partial charge in [-0.1, -0.05) is 29.8 Å². The third kappa shape index (κ3) is 5.85. The van der Waals surface area contributed by atoms with Crippen molar-refractivity contribution in [1.82, 2.24) is 9.80 Å². The smallest absolute Gasteiger partial charge is 0.321 e. The molecule has 0 spiro atoms. The normalized spacial score (nSPS) is 14.6. The van der Waals surface area contributed by atoms with Gasteiger partial charge in [0.2, 0.25) is 0 Å². The number of benzene rings is 2. The molecule has 0 atom stereocenters. The molecule has 3 rings (SSSR count). The van der Waals surface area contributed by atoms with Gasteiger partial charge in [0.05, 0.1) is 18.9 Å². The van der Waals surface area contributed by atoms with E-state index < -0.39 is 0 Å². The number of rotatable bonds is 6. The molecule has 6 nitrogen and oxygen atoms in total. The molecule has 2 amide bonds. The first-order chi connectivity index (χ1) is 13.1. The second-order valence-electron chi connectivity index (χ2n) is 6.36. The van der Waals surface area contributed by atoms with Crippen molar-refractivity contribution < 1.29 is 14.3 Å². The minimum Gasteiger partial charge on any atom is -0.455 e. The highest BCUT2D eigenvalue weighted by Crippen LogP contribution is 2.32. The van der Waals surface area contributed by atoms with E-state index in [1.165, 1.54) is 0 Å². The predicted octanol–water partition coefficient (Wildman–Crippen LogP) is 3.93. The van der Waals surface area contributed by atoms with Crippen LogP contribution >= 0.6 is 11.6 Å². The number of nitrogens with zero attached hydrogens (tertiary/aromatic N) is 2. The lowest BCUT2D eigenvalue weighted by molar-refractivity contribution is 0.0359. The minimum atomic E-state index is -0.205. The lowest BCUT2D eigenvalue weighted by Gasteiger charge is -2.28. The quantitative estimate of drug-likeness (QED) is 0.813. The summed E-state index contributed by atoms with van der Waals surface area (Å²) in [7, 11) is 1.78. The summed E-state index contributed by atoms with van der Waals surface area (Å²) in [6, 6.07) is 14.4. The Morgan fingerprint density at radius 2 is 1.96 bits per heavy atom. The van der Waals surface area contributed by atoms with Gasteiger partial charge in [-0.25, -0.2) is 4.79 Å². The largest absolute Gasteiger partial charge is 0.455 e. The Morgan fingerprint density at radius 3 is 2.70 bits per heavy atom. The van der Waals surface area contributed by atoms with Crippen molar-refractivity contribution >= 4 is 23.3 Å². The number of carbonyl (C=O) groups is 1. The van der Waals surface area contributed by atoms with Crippen LogP contribution in [0.5, 0.6) is 11.5 Å². The van der Waals surface area contributed by atoms with Crippen molar-refractivity contribution in [2.45, 2.75) is 0 Å². The summed E-state index contributed by atoms with van der Waals surface area (Å²) in [5, 5.41) is 3.42. The number of para-hydroxylation sites is 1. The van der Waals surface area contributed by atoms with Gasteiger partial charge in [0.25, 0.3) is 0 Å². The number of carbonyl (C=O) groups excluding carboxylic acids is 1. The molecule has 0 aromatic heterocycles. The zero-order valence-electron chi connectivity index (χ0n) is 15.4. The maximum Gasteiger partial charge on any atom is 0.321 e. The SMILES string of the molecule is CN(CCN1CCOCC1)C(=O)Nc1cc(Cl)ccc1Oc1ccccc1. The first-order valence-electron chi connectivity index (χ1n) is 8.96. The molecule has 0 bridgehead atoms. The molecule has 1 aliphatic rings. The number of morpholine rings is 1. The number of hydrogen-bond donors (Lipinski definition) is 1. The second-order valence-corrected chi connectivity index (χ2v) is 6.80. The van der Waals surface area contributed by atoms with Crippen LogP contribution in [0.1, 0.15) is 0 Å². The standard InChI is InChI=1S/C20H24ClN3O3/c1-23(9-10-24-11-13-26-14-12-24)20(25)22-18-15-16(21)7-8-19(18)27-17-5-3-2-4-6-17/h2-8,15H,9-14H2,1H3,(H,22,25). The minimum absolute atomic E-state index is 0.205. The maximum atomic E-state index is 12.6. The van der Waals surface area contributed by atoms with Crippen LogP contribution in [0, 0.1) is 0 Å². The van der Waals surface area contributed by atoms with Gasteiger partial charge in [-0.05, 0) is 30.3 Å². The Kier molecular flexibility index (Phi) is 6.92. The number of nitrogens with one attached hydrogen (secondary N) is 1. The number of anilines is 1. The lowest BCUT2D eigenvalue weighted by atomic mass is 10.3. The Bertz CT molecular complexity index is 751. The van der Waals surface area contributed by atoms with Gasteiger partial charge in [-0.3, -0.25) is 4.90 Å². The molecule has 0 radical (unpaired) electrons. The molecular weight excluding hydrogens is 366 g/mol. The summed E-state index contributed by atoms with van der Waals surface area (Å²) < 4.78 is 11.2. The van der Waals surface area contributed by atoms with E-state index in [0.717, 1.165) is 32.8 Å². The van der Waals surface area contributed by atoms with Crippen molar-refractivity contribution in [2.24, 2.45) is 0 Å². The van der Waals surface area contributed by atoms with E-state index in [9.17, 15) is 4.79 Å². The van der Waals surface area contributed by atoms with Gasteiger partial charge in [0.15, 0.2) is 5.75 Å². The number of hydrogen-bond acceptors (Lipinski definition) is 4. The van der Waals surface area contributed by atoms with E-state index >= 15 is 0 Å². The van der Waals surface area contributed by atoms with Crippen molar-refractivity contribution in [2.75, 3.05) is 51.8 Å². The van der Waals surface area contributed by atoms with Crippen LogP contribution in [-0.2, 0) is 4.74 Å². The summed E-state index contributed by atoms with van der Waals surface area (Å²) in [5.74, 6) is 1.23. The Balaban J connectivity index is 1.61. The molecule has 1 N–H and O–H groups in total. The maximum absolute atomic E-state index is 12.6. The predicted molar refractivity (Wildman–Crippen MR) is 107 cm³/mol. The summed E-state index contributed by atoms with van der Waals surface area (Å²) in [6.45, 7) is 4.74. The Morgan fingerprint density at radius 1 is 1.22 bits per heavy atom. The van der Waals surface area contributed by atoms with Gasteiger partial charge in [-0.2, -0.15) is 0 Å². The van der Waals surface area contributed by atoms with Gasteiger partial charge in [-0.15, -0.1) is 0 Å².